The first-order chi connectivity index (χ1) is 12.7. The first-order valence-electron chi connectivity index (χ1n) is 8.62. The Morgan fingerprint density at radius 1 is 1.30 bits per heavy atom. The van der Waals surface area contributed by atoms with E-state index in [9.17, 15) is 9.90 Å². The third-order valence-electron chi connectivity index (χ3n) is 3.91. The summed E-state index contributed by atoms with van der Waals surface area (Å²) in [6.07, 6.45) is -0.604. The van der Waals surface area contributed by atoms with Crippen molar-refractivity contribution in [3.8, 4) is 5.75 Å². The quantitative estimate of drug-likeness (QED) is 0.676. The van der Waals surface area contributed by atoms with Crippen LogP contribution >= 0.6 is 34.5 Å². The number of nitrogens with zero attached hydrogens (tertiary/aromatic N) is 2. The summed E-state index contributed by atoms with van der Waals surface area (Å²) in [7, 11) is 1.66. The standard InChI is InChI=1S/C19H24Cl2N2O3S/c1-11(2)19-12(3)27-17(22-19)8-18(25)23(4)9-15(24)10-26-16-6-13(20)5-14(21)7-16/h5-7,11,15,24H,8-10H2,1-4H3. The number of ether oxygens (including phenoxy) is 1. The third kappa shape index (κ3) is 6.64. The molecular weight excluding hydrogens is 407 g/mol. The van der Waals surface area contributed by atoms with Crippen LogP contribution in [0.25, 0.3) is 0 Å². The molecule has 5 nitrogen and oxygen atoms in total. The minimum absolute atomic E-state index is 0.0299. The van der Waals surface area contributed by atoms with Gasteiger partial charge in [-0.25, -0.2) is 4.98 Å². The normalized spacial score (nSPS) is 12.3. The van der Waals surface area contributed by atoms with Crippen LogP contribution in [0.2, 0.25) is 10.0 Å². The zero-order valence-electron chi connectivity index (χ0n) is 15.8. The summed E-state index contributed by atoms with van der Waals surface area (Å²) in [5, 5.41) is 11.9. The molecule has 27 heavy (non-hydrogen) atoms. The number of carbonyl (C=O) groups excluding carboxylic acids is 1. The van der Waals surface area contributed by atoms with Gasteiger partial charge in [-0.15, -0.1) is 11.3 Å². The lowest BCUT2D eigenvalue weighted by molar-refractivity contribution is -0.130. The smallest absolute Gasteiger partial charge is 0.229 e. The first kappa shape index (κ1) is 22.0. The van der Waals surface area contributed by atoms with Crippen LogP contribution in [0.1, 0.15) is 35.3 Å². The Hall–Kier alpha value is -1.34. The monoisotopic (exact) mass is 430 g/mol. The van der Waals surface area contributed by atoms with Crippen LogP contribution in [-0.4, -0.2) is 47.2 Å². The summed E-state index contributed by atoms with van der Waals surface area (Å²) in [5.41, 5.74) is 1.04. The number of benzene rings is 1. The molecule has 0 saturated carbocycles. The maximum Gasteiger partial charge on any atom is 0.229 e. The summed E-state index contributed by atoms with van der Waals surface area (Å²) >= 11 is 13.4. The van der Waals surface area contributed by atoms with Gasteiger partial charge in [-0.2, -0.15) is 0 Å². The van der Waals surface area contributed by atoms with Crippen LogP contribution in [0.15, 0.2) is 18.2 Å². The molecule has 8 heteroatoms. The van der Waals surface area contributed by atoms with Crippen molar-refractivity contribution in [2.45, 2.75) is 39.2 Å². The van der Waals surface area contributed by atoms with Crippen molar-refractivity contribution in [3.05, 3.63) is 43.8 Å². The van der Waals surface area contributed by atoms with Gasteiger partial charge in [0.05, 0.1) is 12.1 Å². The van der Waals surface area contributed by atoms with E-state index in [1.807, 2.05) is 6.92 Å². The van der Waals surface area contributed by atoms with Crippen LogP contribution in [0.4, 0.5) is 0 Å². The van der Waals surface area contributed by atoms with Crippen LogP contribution in [-0.2, 0) is 11.2 Å². The molecule has 148 valence electrons. The second-order valence-corrected chi connectivity index (χ2v) is 8.89. The first-order valence-corrected chi connectivity index (χ1v) is 10.2. The highest BCUT2D eigenvalue weighted by atomic mass is 35.5. The zero-order chi connectivity index (χ0) is 20.1. The minimum atomic E-state index is -0.832. The van der Waals surface area contributed by atoms with E-state index < -0.39 is 6.10 Å². The number of rotatable bonds is 8. The van der Waals surface area contributed by atoms with E-state index in [4.69, 9.17) is 27.9 Å². The lowest BCUT2D eigenvalue weighted by Crippen LogP contribution is -2.37. The highest BCUT2D eigenvalue weighted by Gasteiger charge is 2.18. The Labute approximate surface area is 173 Å². The third-order valence-corrected chi connectivity index (χ3v) is 5.34. The van der Waals surface area contributed by atoms with E-state index in [1.54, 1.807) is 36.6 Å². The Morgan fingerprint density at radius 3 is 2.48 bits per heavy atom. The SMILES string of the molecule is Cc1sc(CC(=O)N(C)CC(O)COc2cc(Cl)cc(Cl)c2)nc1C(C)C. The van der Waals surface area contributed by atoms with Gasteiger partial charge in [0.2, 0.25) is 5.91 Å². The summed E-state index contributed by atoms with van der Waals surface area (Å²) in [5.74, 6) is 0.714. The summed E-state index contributed by atoms with van der Waals surface area (Å²) in [6.45, 7) is 6.39. The second-order valence-electron chi connectivity index (χ2n) is 6.72. The molecule has 2 aromatic rings. The number of aliphatic hydroxyl groups excluding tert-OH is 1. The van der Waals surface area contributed by atoms with Crippen LogP contribution in [0, 0.1) is 6.92 Å². The van der Waals surface area contributed by atoms with E-state index >= 15 is 0 Å². The Kier molecular flexibility index (Phi) is 7.91. The molecule has 0 saturated heterocycles. The number of hydrogen-bond acceptors (Lipinski definition) is 5. The van der Waals surface area contributed by atoms with Crippen LogP contribution in [0.5, 0.6) is 5.75 Å². The van der Waals surface area contributed by atoms with Crippen molar-refractivity contribution in [2.75, 3.05) is 20.2 Å². The van der Waals surface area contributed by atoms with Crippen molar-refractivity contribution in [3.63, 3.8) is 0 Å². The molecule has 0 bridgehead atoms. The van der Waals surface area contributed by atoms with Gasteiger partial charge in [0, 0.05) is 28.5 Å². The Bertz CT molecular complexity index is 775. The number of carbonyl (C=O) groups is 1. The average Bonchev–Trinajstić information content (AvgIpc) is 2.92. The Balaban J connectivity index is 1.85. The molecular formula is C19H24Cl2N2O3S. The van der Waals surface area contributed by atoms with Gasteiger partial charge in [0.25, 0.3) is 0 Å². The fourth-order valence-corrected chi connectivity index (χ4v) is 4.20. The number of aliphatic hydroxyl groups is 1. The molecule has 0 aliphatic carbocycles. The molecule has 1 amide bonds. The Morgan fingerprint density at radius 2 is 1.93 bits per heavy atom. The zero-order valence-corrected chi connectivity index (χ0v) is 18.2. The van der Waals surface area contributed by atoms with Crippen LogP contribution in [0.3, 0.4) is 0 Å². The summed E-state index contributed by atoms with van der Waals surface area (Å²) in [4.78, 5) is 19.6. The van der Waals surface area contributed by atoms with E-state index in [0.717, 1.165) is 15.6 Å². The molecule has 0 radical (unpaired) electrons. The highest BCUT2D eigenvalue weighted by Crippen LogP contribution is 2.25. The van der Waals surface area contributed by atoms with Crippen molar-refractivity contribution in [1.82, 2.24) is 9.88 Å². The fourth-order valence-electron chi connectivity index (χ4n) is 2.62. The molecule has 1 aromatic carbocycles. The molecule has 0 spiro atoms. The van der Waals surface area contributed by atoms with Gasteiger partial charge in [-0.1, -0.05) is 37.0 Å². The van der Waals surface area contributed by atoms with Gasteiger partial charge < -0.3 is 14.7 Å². The van der Waals surface area contributed by atoms with Crippen LogP contribution < -0.4 is 4.74 Å². The number of aromatic nitrogens is 1. The molecule has 1 atom stereocenters. The van der Waals surface area contributed by atoms with Crippen molar-refractivity contribution < 1.29 is 14.6 Å². The maximum absolute atomic E-state index is 12.4. The van der Waals surface area contributed by atoms with Crippen molar-refractivity contribution >= 4 is 40.4 Å². The molecule has 0 fully saturated rings. The van der Waals surface area contributed by atoms with E-state index in [-0.39, 0.29) is 25.5 Å². The molecule has 0 aliphatic rings. The van der Waals surface area contributed by atoms with E-state index in [2.05, 4.69) is 18.8 Å². The van der Waals surface area contributed by atoms with Crippen molar-refractivity contribution in [1.29, 1.82) is 0 Å². The number of likely N-dealkylation sites (N-methyl/N-ethyl adjacent to an activating group) is 1. The highest BCUT2D eigenvalue weighted by molar-refractivity contribution is 7.11. The maximum atomic E-state index is 12.4. The van der Waals surface area contributed by atoms with Gasteiger partial charge >= 0.3 is 0 Å². The van der Waals surface area contributed by atoms with Gasteiger partial charge in [0.1, 0.15) is 23.5 Å². The minimum Gasteiger partial charge on any atom is -0.491 e. The number of halogens is 2. The van der Waals surface area contributed by atoms with E-state index in [1.165, 1.54) is 4.90 Å². The lowest BCUT2D eigenvalue weighted by atomic mass is 10.1. The van der Waals surface area contributed by atoms with E-state index in [0.29, 0.717) is 21.7 Å². The summed E-state index contributed by atoms with van der Waals surface area (Å²) < 4.78 is 5.51. The number of thiazole rings is 1. The summed E-state index contributed by atoms with van der Waals surface area (Å²) in [6, 6.07) is 4.84. The predicted octanol–water partition coefficient (Wildman–Crippen LogP) is 4.32. The molecule has 1 unspecified atom stereocenters. The van der Waals surface area contributed by atoms with Crippen molar-refractivity contribution in [2.24, 2.45) is 0 Å². The number of aryl methyl sites for hydroxylation is 1. The fraction of sp³-hybridized carbons (Fsp3) is 0.474. The topological polar surface area (TPSA) is 62.7 Å². The van der Waals surface area contributed by atoms with Gasteiger partial charge in [0.15, 0.2) is 0 Å². The van der Waals surface area contributed by atoms with Gasteiger partial charge in [-0.3, -0.25) is 4.79 Å². The largest absolute Gasteiger partial charge is 0.491 e. The molecule has 1 N–H and O–H groups in total. The average molecular weight is 431 g/mol. The molecule has 1 aromatic heterocycles. The molecule has 1 heterocycles. The molecule has 2 rings (SSSR count). The molecule has 0 aliphatic heterocycles. The van der Waals surface area contributed by atoms with Gasteiger partial charge in [-0.05, 0) is 31.0 Å². The number of amides is 1. The predicted molar refractivity (Wildman–Crippen MR) is 110 cm³/mol. The lowest BCUT2D eigenvalue weighted by Gasteiger charge is -2.21. The second kappa shape index (κ2) is 9.73. The number of hydrogen-bond donors (Lipinski definition) is 1.